The molecule has 0 bridgehead atoms. The summed E-state index contributed by atoms with van der Waals surface area (Å²) in [6.45, 7) is -0.0628. The smallest absolute Gasteiger partial charge is 0.264 e. The van der Waals surface area contributed by atoms with E-state index < -0.39 is 10.1 Å². The quantitative estimate of drug-likeness (QED) is 0.493. The van der Waals surface area contributed by atoms with E-state index in [4.69, 9.17) is 27.9 Å². The molecule has 0 spiro atoms. The lowest BCUT2D eigenvalue weighted by atomic mass is 9.91. The fourth-order valence-electron chi connectivity index (χ4n) is 3.11. The lowest BCUT2D eigenvalue weighted by Gasteiger charge is -2.22. The van der Waals surface area contributed by atoms with Gasteiger partial charge in [-0.25, -0.2) is 0 Å². The van der Waals surface area contributed by atoms with E-state index in [1.807, 2.05) is 6.07 Å². The summed E-state index contributed by atoms with van der Waals surface area (Å²) in [4.78, 5) is 0. The predicted molar refractivity (Wildman–Crippen MR) is 113 cm³/mol. The van der Waals surface area contributed by atoms with Crippen LogP contribution in [0.2, 0.25) is 0 Å². The maximum atomic E-state index is 11.6. The second kappa shape index (κ2) is 10.4. The first-order valence-corrected chi connectivity index (χ1v) is 10.9. The molecule has 0 aromatic heterocycles. The van der Waals surface area contributed by atoms with Gasteiger partial charge >= 0.3 is 0 Å². The molecule has 0 saturated carbocycles. The van der Waals surface area contributed by atoms with Gasteiger partial charge in [-0.05, 0) is 24.1 Å². The second-order valence-electron chi connectivity index (χ2n) is 6.51. The van der Waals surface area contributed by atoms with Crippen LogP contribution < -0.4 is 23.7 Å². The van der Waals surface area contributed by atoms with Crippen molar-refractivity contribution in [3.63, 3.8) is 0 Å². The van der Waals surface area contributed by atoms with Crippen LogP contribution in [0.25, 0.3) is 0 Å². The number of methoxy groups -OCH3 is 5. The molecule has 166 valence electrons. The molecule has 1 atom stereocenters. The summed E-state index contributed by atoms with van der Waals surface area (Å²) >= 11 is 0. The number of benzene rings is 2. The summed E-state index contributed by atoms with van der Waals surface area (Å²) in [7, 11) is 4.12. The molecule has 0 radical (unpaired) electrons. The lowest BCUT2D eigenvalue weighted by Crippen LogP contribution is -2.15. The molecule has 2 aromatic carbocycles. The molecular formula is C21H28O8S. The first-order chi connectivity index (χ1) is 14.3. The maximum Gasteiger partial charge on any atom is 0.264 e. The fourth-order valence-corrected chi connectivity index (χ4v) is 3.52. The summed E-state index contributed by atoms with van der Waals surface area (Å²) in [6, 6.07) is 8.92. The molecule has 0 fully saturated rings. The Balaban J connectivity index is 2.51. The highest BCUT2D eigenvalue weighted by Gasteiger charge is 2.23. The molecule has 9 heteroatoms. The molecule has 0 aliphatic heterocycles. The minimum Gasteiger partial charge on any atom is -0.496 e. The van der Waals surface area contributed by atoms with Crippen LogP contribution in [0.3, 0.4) is 0 Å². The van der Waals surface area contributed by atoms with E-state index in [1.165, 1.54) is 0 Å². The Hall–Kier alpha value is -2.65. The van der Waals surface area contributed by atoms with Crippen molar-refractivity contribution in [3.05, 3.63) is 41.5 Å². The second-order valence-corrected chi connectivity index (χ2v) is 8.16. The lowest BCUT2D eigenvalue weighted by molar-refractivity contribution is 0.289. The number of ether oxygens (including phenoxy) is 5. The van der Waals surface area contributed by atoms with Gasteiger partial charge in [0.05, 0.1) is 48.4 Å². The van der Waals surface area contributed by atoms with Crippen molar-refractivity contribution in [2.75, 3.05) is 48.4 Å². The van der Waals surface area contributed by atoms with Crippen molar-refractivity contribution in [2.45, 2.75) is 12.3 Å². The van der Waals surface area contributed by atoms with E-state index >= 15 is 0 Å². The van der Waals surface area contributed by atoms with Gasteiger partial charge in [0.15, 0.2) is 11.5 Å². The summed E-state index contributed by atoms with van der Waals surface area (Å²) in [5.41, 5.74) is 1.58. The van der Waals surface area contributed by atoms with Gasteiger partial charge in [-0.2, -0.15) is 8.42 Å². The van der Waals surface area contributed by atoms with Gasteiger partial charge in [0.1, 0.15) is 17.2 Å². The molecule has 2 aromatic rings. The predicted octanol–water partition coefficient (Wildman–Crippen LogP) is 3.03. The fraction of sp³-hybridized carbons (Fsp3) is 0.429. The first-order valence-electron chi connectivity index (χ1n) is 9.11. The Bertz CT molecular complexity index is 930. The van der Waals surface area contributed by atoms with Gasteiger partial charge in [-0.15, -0.1) is 0 Å². The summed E-state index contributed by atoms with van der Waals surface area (Å²) in [5, 5.41) is 0. The van der Waals surface area contributed by atoms with Gasteiger partial charge in [-0.1, -0.05) is 6.07 Å². The zero-order chi connectivity index (χ0) is 22.3. The van der Waals surface area contributed by atoms with Gasteiger partial charge in [-0.3, -0.25) is 4.18 Å². The highest BCUT2D eigenvalue weighted by atomic mass is 32.2. The Morgan fingerprint density at radius 1 is 0.767 bits per heavy atom. The van der Waals surface area contributed by atoms with Crippen LogP contribution in [0, 0.1) is 0 Å². The minimum atomic E-state index is -3.63. The van der Waals surface area contributed by atoms with E-state index in [9.17, 15) is 8.42 Å². The summed E-state index contributed by atoms with van der Waals surface area (Å²) in [5.74, 6) is 2.49. The van der Waals surface area contributed by atoms with Crippen molar-refractivity contribution >= 4 is 10.1 Å². The average molecular weight is 441 g/mol. The minimum absolute atomic E-state index is 0.0628. The zero-order valence-corrected chi connectivity index (χ0v) is 18.9. The van der Waals surface area contributed by atoms with Crippen molar-refractivity contribution in [3.8, 4) is 28.7 Å². The van der Waals surface area contributed by atoms with Crippen LogP contribution >= 0.6 is 0 Å². The molecule has 2 rings (SSSR count). The molecule has 0 saturated heterocycles. The number of rotatable bonds is 11. The van der Waals surface area contributed by atoms with Gasteiger partial charge in [0.2, 0.25) is 0 Å². The number of hydrogen-bond donors (Lipinski definition) is 0. The first kappa shape index (κ1) is 23.6. The standard InChI is InChI=1S/C21H28O8S/c1-24-16-11-19(26-3)17(20(12-16)27-4)9-15(13-29-30(6,22)23)14-7-8-18(25-2)21(10-14)28-5/h7-8,10-12,15H,9,13H2,1-6H3/t15-/m0/s1. The van der Waals surface area contributed by atoms with Gasteiger partial charge in [0.25, 0.3) is 10.1 Å². The summed E-state index contributed by atoms with van der Waals surface area (Å²) in [6.07, 6.45) is 1.41. The zero-order valence-electron chi connectivity index (χ0n) is 18.1. The van der Waals surface area contributed by atoms with Crippen molar-refractivity contribution in [2.24, 2.45) is 0 Å². The highest BCUT2D eigenvalue weighted by Crippen LogP contribution is 2.39. The van der Waals surface area contributed by atoms with Crippen molar-refractivity contribution in [1.82, 2.24) is 0 Å². The third kappa shape index (κ3) is 5.93. The van der Waals surface area contributed by atoms with E-state index in [0.29, 0.717) is 35.2 Å². The molecule has 0 aliphatic carbocycles. The molecule has 0 amide bonds. The molecule has 0 N–H and O–H groups in total. The van der Waals surface area contributed by atoms with E-state index in [0.717, 1.165) is 17.4 Å². The molecule has 0 aliphatic rings. The molecule has 0 heterocycles. The Morgan fingerprint density at radius 3 is 1.80 bits per heavy atom. The van der Waals surface area contributed by atoms with E-state index in [1.54, 1.807) is 59.8 Å². The largest absolute Gasteiger partial charge is 0.496 e. The third-order valence-corrected chi connectivity index (χ3v) is 5.19. The van der Waals surface area contributed by atoms with Gasteiger partial charge < -0.3 is 23.7 Å². The van der Waals surface area contributed by atoms with Crippen LogP contribution in [0.5, 0.6) is 28.7 Å². The molecular weight excluding hydrogens is 412 g/mol. The van der Waals surface area contributed by atoms with Crippen molar-refractivity contribution < 1.29 is 36.3 Å². The molecule has 30 heavy (non-hydrogen) atoms. The highest BCUT2D eigenvalue weighted by molar-refractivity contribution is 7.85. The monoisotopic (exact) mass is 440 g/mol. The maximum absolute atomic E-state index is 11.6. The van der Waals surface area contributed by atoms with Gasteiger partial charge in [0, 0.05) is 23.6 Å². The normalized spacial score (nSPS) is 12.2. The van der Waals surface area contributed by atoms with Crippen LogP contribution in [-0.4, -0.2) is 56.8 Å². The van der Waals surface area contributed by atoms with Crippen LogP contribution in [-0.2, 0) is 20.7 Å². The number of hydrogen-bond acceptors (Lipinski definition) is 8. The van der Waals surface area contributed by atoms with E-state index in [2.05, 4.69) is 0 Å². The van der Waals surface area contributed by atoms with Crippen LogP contribution in [0.15, 0.2) is 30.3 Å². The Morgan fingerprint density at radius 2 is 1.33 bits per heavy atom. The molecule has 0 unspecified atom stereocenters. The average Bonchev–Trinajstić information content (AvgIpc) is 2.74. The third-order valence-electron chi connectivity index (χ3n) is 4.63. The van der Waals surface area contributed by atoms with Crippen molar-refractivity contribution in [1.29, 1.82) is 0 Å². The summed E-state index contributed by atoms with van der Waals surface area (Å²) < 4.78 is 55.5. The van der Waals surface area contributed by atoms with Crippen LogP contribution in [0.4, 0.5) is 0 Å². The van der Waals surface area contributed by atoms with E-state index in [-0.39, 0.29) is 12.5 Å². The molecule has 8 nitrogen and oxygen atoms in total. The SMILES string of the molecule is COc1cc(OC)c(C[C@@H](COS(C)(=O)=O)c2ccc(OC)c(OC)c2)c(OC)c1. The van der Waals surface area contributed by atoms with Crippen LogP contribution in [0.1, 0.15) is 17.0 Å². The Labute approximate surface area is 177 Å². The Kier molecular flexibility index (Phi) is 8.19. The topological polar surface area (TPSA) is 89.5 Å².